The van der Waals surface area contributed by atoms with Gasteiger partial charge < -0.3 is 20.3 Å². The number of halogens is 1. The molecule has 36 heavy (non-hydrogen) atoms. The lowest BCUT2D eigenvalue weighted by Crippen LogP contribution is -2.48. The summed E-state index contributed by atoms with van der Waals surface area (Å²) < 4.78 is 16.2. The zero-order valence-electron chi connectivity index (χ0n) is 21.4. The standard InChI is InChI=1S/C27H36FN7O/c1-17(2)24-25(29)30-15-31-27(24)34-8-6-20(7-9-34)26-32-23(21-4-5-22(28)18(3)10-21)14-35(26)13-19-11-33(12-19)16-36/h4-5,10,14-15,17,19-20,36H,6-9,11-13,16H2,1-3H3,(H2,29,30,31). The fourth-order valence-electron chi connectivity index (χ4n) is 5.59. The first-order chi connectivity index (χ1) is 17.3. The number of imidazole rings is 1. The first kappa shape index (κ1) is 24.6. The van der Waals surface area contributed by atoms with Crippen LogP contribution in [0.3, 0.4) is 0 Å². The van der Waals surface area contributed by atoms with Gasteiger partial charge >= 0.3 is 0 Å². The Bertz CT molecular complexity index is 1210. The molecule has 192 valence electrons. The highest BCUT2D eigenvalue weighted by molar-refractivity contribution is 5.60. The van der Waals surface area contributed by atoms with Crippen LogP contribution in [0.25, 0.3) is 11.3 Å². The number of nitrogen functional groups attached to an aromatic ring is 1. The molecule has 8 nitrogen and oxygen atoms in total. The van der Waals surface area contributed by atoms with Crippen LogP contribution in [0.4, 0.5) is 16.0 Å². The number of aryl methyl sites for hydroxylation is 1. The van der Waals surface area contributed by atoms with Crippen LogP contribution in [0.2, 0.25) is 0 Å². The lowest BCUT2D eigenvalue weighted by atomic mass is 9.94. The smallest absolute Gasteiger partial charge is 0.137 e. The number of aliphatic hydroxyl groups excluding tert-OH is 1. The highest BCUT2D eigenvalue weighted by atomic mass is 19.1. The van der Waals surface area contributed by atoms with Crippen molar-refractivity contribution in [2.45, 2.75) is 52.0 Å². The average Bonchev–Trinajstić information content (AvgIpc) is 3.26. The first-order valence-corrected chi connectivity index (χ1v) is 12.9. The maximum absolute atomic E-state index is 13.9. The topological polar surface area (TPSA) is 96.3 Å². The van der Waals surface area contributed by atoms with E-state index in [-0.39, 0.29) is 18.5 Å². The van der Waals surface area contributed by atoms with Crippen molar-refractivity contribution in [2.75, 3.05) is 43.5 Å². The van der Waals surface area contributed by atoms with E-state index in [1.165, 1.54) is 6.07 Å². The molecule has 2 aromatic heterocycles. The summed E-state index contributed by atoms with van der Waals surface area (Å²) in [5, 5.41) is 9.37. The highest BCUT2D eigenvalue weighted by Crippen LogP contribution is 2.36. The molecule has 0 radical (unpaired) electrons. The van der Waals surface area contributed by atoms with E-state index < -0.39 is 0 Å². The molecule has 4 heterocycles. The number of aromatic nitrogens is 4. The van der Waals surface area contributed by atoms with Gasteiger partial charge in [-0.15, -0.1) is 0 Å². The zero-order valence-corrected chi connectivity index (χ0v) is 21.4. The lowest BCUT2D eigenvalue weighted by molar-refractivity contribution is 0.00628. The van der Waals surface area contributed by atoms with Crippen LogP contribution in [0.1, 0.15) is 55.5 Å². The third kappa shape index (κ3) is 4.82. The van der Waals surface area contributed by atoms with Crippen LogP contribution in [0.15, 0.2) is 30.7 Å². The van der Waals surface area contributed by atoms with Gasteiger partial charge in [-0.25, -0.2) is 19.3 Å². The Labute approximate surface area is 212 Å². The molecule has 2 aliphatic rings. The van der Waals surface area contributed by atoms with Gasteiger partial charge in [0.2, 0.25) is 0 Å². The number of nitrogens with two attached hydrogens (primary N) is 1. The van der Waals surface area contributed by atoms with Gasteiger partial charge in [0.15, 0.2) is 0 Å². The van der Waals surface area contributed by atoms with Crippen LogP contribution < -0.4 is 10.6 Å². The number of likely N-dealkylation sites (tertiary alicyclic amines) is 1. The molecular weight excluding hydrogens is 457 g/mol. The molecular formula is C27H36FN7O. The number of nitrogens with zero attached hydrogens (tertiary/aromatic N) is 6. The lowest BCUT2D eigenvalue weighted by Gasteiger charge is -2.38. The van der Waals surface area contributed by atoms with Gasteiger partial charge in [0.1, 0.15) is 29.6 Å². The minimum atomic E-state index is -0.199. The summed E-state index contributed by atoms with van der Waals surface area (Å²) in [4.78, 5) is 18.3. The number of hydrogen-bond donors (Lipinski definition) is 2. The molecule has 0 saturated carbocycles. The van der Waals surface area contributed by atoms with Gasteiger partial charge in [-0.05, 0) is 49.4 Å². The number of piperidine rings is 1. The van der Waals surface area contributed by atoms with Crippen LogP contribution in [-0.4, -0.2) is 62.4 Å². The molecule has 2 aliphatic heterocycles. The van der Waals surface area contributed by atoms with Crippen LogP contribution >= 0.6 is 0 Å². The van der Waals surface area contributed by atoms with Gasteiger partial charge in [-0.2, -0.15) is 0 Å². The summed E-state index contributed by atoms with van der Waals surface area (Å²) in [5.74, 6) is 3.47. The normalized spacial score (nSPS) is 17.7. The van der Waals surface area contributed by atoms with E-state index in [0.29, 0.717) is 23.2 Å². The Morgan fingerprint density at radius 2 is 1.92 bits per heavy atom. The fraction of sp³-hybridized carbons (Fsp3) is 0.519. The summed E-state index contributed by atoms with van der Waals surface area (Å²) in [6, 6.07) is 5.20. The Morgan fingerprint density at radius 3 is 2.58 bits per heavy atom. The summed E-state index contributed by atoms with van der Waals surface area (Å²) in [6.45, 7) is 10.6. The molecule has 0 atom stereocenters. The van der Waals surface area contributed by atoms with Crippen molar-refractivity contribution in [3.8, 4) is 11.3 Å². The third-order valence-corrected chi connectivity index (χ3v) is 7.58. The minimum absolute atomic E-state index is 0.109. The van der Waals surface area contributed by atoms with Crippen LogP contribution in [0, 0.1) is 18.7 Å². The molecule has 3 N–H and O–H groups in total. The van der Waals surface area contributed by atoms with Crippen molar-refractivity contribution in [1.82, 2.24) is 24.4 Å². The SMILES string of the molecule is Cc1cc(-c2cn(CC3CN(CO)C3)c(C3CCN(c4ncnc(N)c4C(C)C)CC3)n2)ccc1F. The first-order valence-electron chi connectivity index (χ1n) is 12.9. The second-order valence-electron chi connectivity index (χ2n) is 10.6. The van der Waals surface area contributed by atoms with Crippen molar-refractivity contribution in [3.05, 3.63) is 53.5 Å². The van der Waals surface area contributed by atoms with Gasteiger partial charge in [-0.1, -0.05) is 13.8 Å². The van der Waals surface area contributed by atoms with Gasteiger partial charge in [0.25, 0.3) is 0 Å². The van der Waals surface area contributed by atoms with E-state index in [9.17, 15) is 9.50 Å². The number of rotatable bonds is 7. The number of aliphatic hydroxyl groups is 1. The molecule has 9 heteroatoms. The molecule has 0 amide bonds. The van der Waals surface area contributed by atoms with Gasteiger partial charge in [-0.3, -0.25) is 4.90 Å². The van der Waals surface area contributed by atoms with Crippen molar-refractivity contribution in [2.24, 2.45) is 5.92 Å². The highest BCUT2D eigenvalue weighted by Gasteiger charge is 2.31. The van der Waals surface area contributed by atoms with Gasteiger partial charge in [0.05, 0.1) is 12.4 Å². The Balaban J connectivity index is 1.38. The number of benzene rings is 1. The largest absolute Gasteiger partial charge is 0.383 e. The Morgan fingerprint density at radius 1 is 1.17 bits per heavy atom. The summed E-state index contributed by atoms with van der Waals surface area (Å²) in [6.07, 6.45) is 5.61. The number of hydrogen-bond acceptors (Lipinski definition) is 7. The third-order valence-electron chi connectivity index (χ3n) is 7.58. The van der Waals surface area contributed by atoms with Crippen molar-refractivity contribution in [3.63, 3.8) is 0 Å². The fourth-order valence-corrected chi connectivity index (χ4v) is 5.59. The molecule has 3 aromatic rings. The van der Waals surface area contributed by atoms with Gasteiger partial charge in [0, 0.05) is 61.9 Å². The van der Waals surface area contributed by atoms with E-state index in [1.807, 2.05) is 17.0 Å². The van der Waals surface area contributed by atoms with Crippen LogP contribution in [-0.2, 0) is 6.54 Å². The number of anilines is 2. The Kier molecular flexibility index (Phi) is 6.94. The molecule has 5 rings (SSSR count). The predicted octanol–water partition coefficient (Wildman–Crippen LogP) is 3.76. The van der Waals surface area contributed by atoms with E-state index in [4.69, 9.17) is 10.7 Å². The molecule has 2 fully saturated rings. The van der Waals surface area contributed by atoms with Crippen molar-refractivity contribution >= 4 is 11.6 Å². The van der Waals surface area contributed by atoms with E-state index >= 15 is 0 Å². The summed E-state index contributed by atoms with van der Waals surface area (Å²) in [7, 11) is 0. The maximum Gasteiger partial charge on any atom is 0.137 e. The van der Waals surface area contributed by atoms with E-state index in [2.05, 4.69) is 39.5 Å². The van der Waals surface area contributed by atoms with E-state index in [1.54, 1.807) is 13.3 Å². The van der Waals surface area contributed by atoms with Crippen LogP contribution in [0.5, 0.6) is 0 Å². The maximum atomic E-state index is 13.9. The monoisotopic (exact) mass is 493 g/mol. The van der Waals surface area contributed by atoms with E-state index in [0.717, 1.165) is 74.0 Å². The molecule has 0 unspecified atom stereocenters. The predicted molar refractivity (Wildman–Crippen MR) is 139 cm³/mol. The van der Waals surface area contributed by atoms with Crippen molar-refractivity contribution < 1.29 is 9.50 Å². The second kappa shape index (κ2) is 10.1. The summed E-state index contributed by atoms with van der Waals surface area (Å²) >= 11 is 0. The van der Waals surface area contributed by atoms with Crippen molar-refractivity contribution in [1.29, 1.82) is 0 Å². The molecule has 0 spiro atoms. The quantitative estimate of drug-likeness (QED) is 0.517. The Hall–Kier alpha value is -3.04. The molecule has 0 bridgehead atoms. The average molecular weight is 494 g/mol. The molecule has 0 aliphatic carbocycles. The minimum Gasteiger partial charge on any atom is -0.383 e. The molecule has 1 aromatic carbocycles. The second-order valence-corrected chi connectivity index (χ2v) is 10.6. The molecule has 2 saturated heterocycles. The summed E-state index contributed by atoms with van der Waals surface area (Å²) in [5.41, 5.74) is 9.67. The zero-order chi connectivity index (χ0) is 25.4.